The van der Waals surface area contributed by atoms with Crippen molar-refractivity contribution in [3.05, 3.63) is 29.6 Å². The minimum Gasteiger partial charge on any atom is -0.492 e. The molecule has 94 valence electrons. The number of carbonyl (C=O) groups is 1. The van der Waals surface area contributed by atoms with E-state index in [4.69, 9.17) is 14.6 Å². The highest BCUT2D eigenvalue weighted by Crippen LogP contribution is 2.20. The van der Waals surface area contributed by atoms with Crippen LogP contribution in [0, 0.1) is 5.82 Å². The van der Waals surface area contributed by atoms with Gasteiger partial charge in [-0.2, -0.15) is 0 Å². The normalized spacial score (nSPS) is 10.2. The third-order valence-electron chi connectivity index (χ3n) is 2.07. The Kier molecular flexibility index (Phi) is 5.42. The molecule has 1 aromatic carbocycles. The summed E-state index contributed by atoms with van der Waals surface area (Å²) in [6.07, 6.45) is 0.628. The summed E-state index contributed by atoms with van der Waals surface area (Å²) in [7, 11) is 0. The highest BCUT2D eigenvalue weighted by molar-refractivity contribution is 5.90. The molecular formula is C12H15FO4. The lowest BCUT2D eigenvalue weighted by Crippen LogP contribution is -2.07. The number of hydrogen-bond donors (Lipinski definition) is 1. The minimum atomic E-state index is -1.13. The minimum absolute atomic E-state index is 0.0391. The first kappa shape index (κ1) is 13.4. The molecule has 0 aliphatic carbocycles. The van der Waals surface area contributed by atoms with Crippen LogP contribution in [0.3, 0.4) is 0 Å². The van der Waals surface area contributed by atoms with E-state index < -0.39 is 11.8 Å². The van der Waals surface area contributed by atoms with E-state index in [0.29, 0.717) is 26.2 Å². The van der Waals surface area contributed by atoms with Gasteiger partial charge in [0.2, 0.25) is 0 Å². The first-order valence-electron chi connectivity index (χ1n) is 5.38. The van der Waals surface area contributed by atoms with Crippen molar-refractivity contribution in [1.29, 1.82) is 0 Å². The monoisotopic (exact) mass is 242 g/mol. The van der Waals surface area contributed by atoms with Crippen LogP contribution < -0.4 is 4.74 Å². The summed E-state index contributed by atoms with van der Waals surface area (Å²) in [6, 6.07) is 3.36. The largest absolute Gasteiger partial charge is 0.492 e. The van der Waals surface area contributed by atoms with Crippen LogP contribution in [0.25, 0.3) is 0 Å². The topological polar surface area (TPSA) is 55.8 Å². The molecule has 5 heteroatoms. The molecule has 0 saturated carbocycles. The van der Waals surface area contributed by atoms with Crippen molar-refractivity contribution < 1.29 is 23.8 Å². The standard InChI is InChI=1S/C12H15FO4/c1-2-16-6-3-7-17-11-8-9(13)4-5-10(11)12(14)15/h4-5,8H,2-3,6-7H2,1H3,(H,14,15). The zero-order valence-electron chi connectivity index (χ0n) is 9.61. The average molecular weight is 242 g/mol. The summed E-state index contributed by atoms with van der Waals surface area (Å²) < 4.78 is 23.3. The van der Waals surface area contributed by atoms with Gasteiger partial charge in [0, 0.05) is 25.7 Å². The van der Waals surface area contributed by atoms with Crippen LogP contribution in [0.1, 0.15) is 23.7 Å². The van der Waals surface area contributed by atoms with E-state index in [9.17, 15) is 9.18 Å². The van der Waals surface area contributed by atoms with E-state index in [-0.39, 0.29) is 11.3 Å². The van der Waals surface area contributed by atoms with E-state index in [1.807, 2.05) is 6.92 Å². The van der Waals surface area contributed by atoms with E-state index in [1.165, 1.54) is 6.07 Å². The average Bonchev–Trinajstić information content (AvgIpc) is 2.28. The molecule has 17 heavy (non-hydrogen) atoms. The van der Waals surface area contributed by atoms with Crippen LogP contribution in [-0.2, 0) is 4.74 Å². The van der Waals surface area contributed by atoms with Crippen LogP contribution in [0.4, 0.5) is 4.39 Å². The van der Waals surface area contributed by atoms with Crippen molar-refractivity contribution >= 4 is 5.97 Å². The molecule has 4 nitrogen and oxygen atoms in total. The molecule has 0 atom stereocenters. The summed E-state index contributed by atoms with van der Waals surface area (Å²) in [4.78, 5) is 10.8. The third-order valence-corrected chi connectivity index (χ3v) is 2.07. The predicted octanol–water partition coefficient (Wildman–Crippen LogP) is 2.33. The van der Waals surface area contributed by atoms with Crippen molar-refractivity contribution in [2.24, 2.45) is 0 Å². The summed E-state index contributed by atoms with van der Waals surface area (Å²) >= 11 is 0. The Hall–Kier alpha value is -1.62. The van der Waals surface area contributed by atoms with E-state index >= 15 is 0 Å². The molecule has 0 bridgehead atoms. The number of ether oxygens (including phenoxy) is 2. The maximum absolute atomic E-state index is 12.9. The SMILES string of the molecule is CCOCCCOc1cc(F)ccc1C(=O)O. The van der Waals surface area contributed by atoms with Gasteiger partial charge in [-0.1, -0.05) is 0 Å². The second kappa shape index (κ2) is 6.85. The van der Waals surface area contributed by atoms with Gasteiger partial charge in [-0.15, -0.1) is 0 Å². The zero-order chi connectivity index (χ0) is 12.7. The number of rotatable bonds is 7. The van der Waals surface area contributed by atoms with Gasteiger partial charge in [0.1, 0.15) is 17.1 Å². The lowest BCUT2D eigenvalue weighted by molar-refractivity contribution is 0.0691. The molecular weight excluding hydrogens is 227 g/mol. The second-order valence-electron chi connectivity index (χ2n) is 3.34. The van der Waals surface area contributed by atoms with Gasteiger partial charge in [-0.05, 0) is 19.1 Å². The molecule has 0 heterocycles. The molecule has 0 radical (unpaired) electrons. The highest BCUT2D eigenvalue weighted by Gasteiger charge is 2.11. The Labute approximate surface area is 99.0 Å². The van der Waals surface area contributed by atoms with E-state index in [0.717, 1.165) is 12.1 Å². The summed E-state index contributed by atoms with van der Waals surface area (Å²) in [5.41, 5.74) is -0.0391. The molecule has 1 N–H and O–H groups in total. The number of halogens is 1. The van der Waals surface area contributed by atoms with Crippen LogP contribution >= 0.6 is 0 Å². The maximum atomic E-state index is 12.9. The Balaban J connectivity index is 2.56. The number of carboxylic acid groups (broad SMARTS) is 1. The Bertz CT molecular complexity index is 379. The van der Waals surface area contributed by atoms with E-state index in [2.05, 4.69) is 0 Å². The number of benzene rings is 1. The molecule has 0 amide bonds. The maximum Gasteiger partial charge on any atom is 0.339 e. The Morgan fingerprint density at radius 3 is 2.82 bits per heavy atom. The molecule has 0 unspecified atom stereocenters. The highest BCUT2D eigenvalue weighted by atomic mass is 19.1. The predicted molar refractivity (Wildman–Crippen MR) is 60.0 cm³/mol. The van der Waals surface area contributed by atoms with Crippen LogP contribution in [0.2, 0.25) is 0 Å². The molecule has 1 aromatic rings. The molecule has 1 rings (SSSR count). The zero-order valence-corrected chi connectivity index (χ0v) is 9.61. The molecule has 0 aliphatic heterocycles. The van der Waals surface area contributed by atoms with E-state index in [1.54, 1.807) is 0 Å². The Morgan fingerprint density at radius 1 is 1.41 bits per heavy atom. The molecule has 0 aromatic heterocycles. The van der Waals surface area contributed by atoms with Gasteiger partial charge in [0.25, 0.3) is 0 Å². The fourth-order valence-electron chi connectivity index (χ4n) is 1.28. The lowest BCUT2D eigenvalue weighted by Gasteiger charge is -2.09. The van der Waals surface area contributed by atoms with Gasteiger partial charge < -0.3 is 14.6 Å². The van der Waals surface area contributed by atoms with Gasteiger partial charge in [-0.25, -0.2) is 9.18 Å². The van der Waals surface area contributed by atoms with Crippen molar-refractivity contribution in [2.45, 2.75) is 13.3 Å². The van der Waals surface area contributed by atoms with Crippen molar-refractivity contribution in [1.82, 2.24) is 0 Å². The third kappa shape index (κ3) is 4.40. The molecule has 0 aliphatic rings. The molecule has 0 spiro atoms. The van der Waals surface area contributed by atoms with Crippen molar-refractivity contribution in [2.75, 3.05) is 19.8 Å². The first-order chi connectivity index (χ1) is 8.15. The fraction of sp³-hybridized carbons (Fsp3) is 0.417. The smallest absolute Gasteiger partial charge is 0.339 e. The fourth-order valence-corrected chi connectivity index (χ4v) is 1.28. The number of hydrogen-bond acceptors (Lipinski definition) is 3. The molecule has 0 saturated heterocycles. The van der Waals surface area contributed by atoms with Crippen LogP contribution in [-0.4, -0.2) is 30.9 Å². The van der Waals surface area contributed by atoms with Crippen molar-refractivity contribution in [3.8, 4) is 5.75 Å². The Morgan fingerprint density at radius 2 is 2.18 bits per heavy atom. The summed E-state index contributed by atoms with van der Waals surface area (Å²) in [5.74, 6) is -1.60. The van der Waals surface area contributed by atoms with Gasteiger partial charge in [0.05, 0.1) is 6.61 Å². The van der Waals surface area contributed by atoms with Crippen LogP contribution in [0.5, 0.6) is 5.75 Å². The van der Waals surface area contributed by atoms with Gasteiger partial charge in [-0.3, -0.25) is 0 Å². The summed E-state index contributed by atoms with van der Waals surface area (Å²) in [5, 5.41) is 8.87. The first-order valence-corrected chi connectivity index (χ1v) is 5.38. The van der Waals surface area contributed by atoms with Gasteiger partial charge >= 0.3 is 5.97 Å². The quantitative estimate of drug-likeness (QED) is 0.745. The van der Waals surface area contributed by atoms with Crippen molar-refractivity contribution in [3.63, 3.8) is 0 Å². The van der Waals surface area contributed by atoms with Gasteiger partial charge in [0.15, 0.2) is 0 Å². The van der Waals surface area contributed by atoms with Crippen LogP contribution in [0.15, 0.2) is 18.2 Å². The number of aromatic carboxylic acids is 1. The number of carboxylic acids is 1. The summed E-state index contributed by atoms with van der Waals surface area (Å²) in [6.45, 7) is 3.34. The molecule has 0 fully saturated rings. The second-order valence-corrected chi connectivity index (χ2v) is 3.34. The lowest BCUT2D eigenvalue weighted by atomic mass is 10.2.